The zero-order chi connectivity index (χ0) is 12.6. The van der Waals surface area contributed by atoms with Crippen LogP contribution in [-0.2, 0) is 0 Å². The van der Waals surface area contributed by atoms with Crippen molar-refractivity contribution in [2.75, 3.05) is 13.2 Å². The van der Waals surface area contributed by atoms with Gasteiger partial charge in [-0.05, 0) is 17.0 Å². The molecule has 1 atom stereocenters. The van der Waals surface area contributed by atoms with Gasteiger partial charge in [0, 0.05) is 17.1 Å². The van der Waals surface area contributed by atoms with E-state index in [0.717, 1.165) is 11.3 Å². The minimum absolute atomic E-state index is 0.0482. The molecule has 1 aliphatic rings. The van der Waals surface area contributed by atoms with Gasteiger partial charge in [-0.1, -0.05) is 32.4 Å². The normalized spacial score (nSPS) is 16.8. The van der Waals surface area contributed by atoms with Crippen molar-refractivity contribution in [3.05, 3.63) is 22.7 Å². The van der Waals surface area contributed by atoms with Gasteiger partial charge in [0.05, 0.1) is 0 Å². The summed E-state index contributed by atoms with van der Waals surface area (Å²) >= 11 is 6.25. The molecule has 4 heteroatoms. The predicted molar refractivity (Wildman–Crippen MR) is 68.8 cm³/mol. The molecule has 1 unspecified atom stereocenters. The van der Waals surface area contributed by atoms with Crippen LogP contribution >= 0.6 is 11.6 Å². The largest absolute Gasteiger partial charge is 0.486 e. The monoisotopic (exact) mass is 255 g/mol. The summed E-state index contributed by atoms with van der Waals surface area (Å²) in [7, 11) is 0. The average molecular weight is 256 g/mol. The third-order valence-corrected chi connectivity index (χ3v) is 3.26. The van der Waals surface area contributed by atoms with Crippen molar-refractivity contribution in [1.82, 2.24) is 0 Å². The van der Waals surface area contributed by atoms with Crippen LogP contribution in [0.3, 0.4) is 0 Å². The zero-order valence-electron chi connectivity index (χ0n) is 10.4. The van der Waals surface area contributed by atoms with Gasteiger partial charge >= 0.3 is 0 Å². The molecule has 0 aliphatic carbocycles. The van der Waals surface area contributed by atoms with E-state index in [4.69, 9.17) is 26.8 Å². The Morgan fingerprint density at radius 3 is 2.24 bits per heavy atom. The Morgan fingerprint density at radius 2 is 1.71 bits per heavy atom. The van der Waals surface area contributed by atoms with Gasteiger partial charge < -0.3 is 15.2 Å². The summed E-state index contributed by atoms with van der Waals surface area (Å²) in [4.78, 5) is 0. The predicted octanol–water partition coefficient (Wildman–Crippen LogP) is 3.16. The van der Waals surface area contributed by atoms with Crippen LogP contribution < -0.4 is 15.2 Å². The minimum atomic E-state index is -0.133. The van der Waals surface area contributed by atoms with Crippen molar-refractivity contribution < 1.29 is 9.47 Å². The summed E-state index contributed by atoms with van der Waals surface area (Å²) in [6.45, 7) is 7.40. The van der Waals surface area contributed by atoms with Gasteiger partial charge in [0.1, 0.15) is 13.2 Å². The van der Waals surface area contributed by atoms with Gasteiger partial charge in [-0.2, -0.15) is 0 Å². The quantitative estimate of drug-likeness (QED) is 0.838. The van der Waals surface area contributed by atoms with Crippen LogP contribution in [0.5, 0.6) is 11.5 Å². The van der Waals surface area contributed by atoms with E-state index in [1.165, 1.54) is 0 Å². The van der Waals surface area contributed by atoms with Crippen LogP contribution in [0.1, 0.15) is 32.4 Å². The van der Waals surface area contributed by atoms with Crippen LogP contribution in [0.4, 0.5) is 0 Å². The molecule has 2 N–H and O–H groups in total. The fourth-order valence-corrected chi connectivity index (χ4v) is 2.06. The van der Waals surface area contributed by atoms with Crippen LogP contribution in [0.15, 0.2) is 12.1 Å². The second-order valence-electron chi connectivity index (χ2n) is 5.36. The molecule has 0 aromatic heterocycles. The van der Waals surface area contributed by atoms with Gasteiger partial charge in [0.15, 0.2) is 11.5 Å². The van der Waals surface area contributed by atoms with Crippen LogP contribution in [0.25, 0.3) is 0 Å². The molecule has 1 heterocycles. The van der Waals surface area contributed by atoms with E-state index in [9.17, 15) is 0 Å². The van der Waals surface area contributed by atoms with Gasteiger partial charge in [-0.15, -0.1) is 0 Å². The second-order valence-corrected chi connectivity index (χ2v) is 5.77. The summed E-state index contributed by atoms with van der Waals surface area (Å²) in [6.07, 6.45) is 0. The van der Waals surface area contributed by atoms with Crippen molar-refractivity contribution >= 4 is 11.6 Å². The number of hydrogen-bond donors (Lipinski definition) is 1. The molecule has 1 aromatic carbocycles. The number of benzene rings is 1. The molecule has 1 aromatic rings. The summed E-state index contributed by atoms with van der Waals surface area (Å²) in [5.41, 5.74) is 7.08. The minimum Gasteiger partial charge on any atom is -0.486 e. The first-order chi connectivity index (χ1) is 7.89. The van der Waals surface area contributed by atoms with E-state index in [1.807, 2.05) is 6.07 Å². The summed E-state index contributed by atoms with van der Waals surface area (Å²) < 4.78 is 11.0. The number of hydrogen-bond acceptors (Lipinski definition) is 3. The Morgan fingerprint density at radius 1 is 1.18 bits per heavy atom. The third-order valence-electron chi connectivity index (χ3n) is 2.93. The van der Waals surface area contributed by atoms with Gasteiger partial charge in [-0.3, -0.25) is 0 Å². The first-order valence-electron chi connectivity index (χ1n) is 5.74. The molecular formula is C13H18ClNO2. The fourth-order valence-electron chi connectivity index (χ4n) is 1.78. The van der Waals surface area contributed by atoms with Crippen molar-refractivity contribution in [3.8, 4) is 11.5 Å². The van der Waals surface area contributed by atoms with E-state index in [2.05, 4.69) is 20.8 Å². The molecule has 0 saturated heterocycles. The lowest BCUT2D eigenvalue weighted by atomic mass is 9.83. The topological polar surface area (TPSA) is 44.5 Å². The summed E-state index contributed by atoms with van der Waals surface area (Å²) in [5.74, 6) is 1.43. The molecular weight excluding hydrogens is 238 g/mol. The van der Waals surface area contributed by atoms with Crippen LogP contribution in [-0.4, -0.2) is 13.2 Å². The highest BCUT2D eigenvalue weighted by molar-refractivity contribution is 6.31. The Kier molecular flexibility index (Phi) is 3.23. The summed E-state index contributed by atoms with van der Waals surface area (Å²) in [6, 6.07) is 3.55. The Balaban J connectivity index is 2.41. The maximum atomic E-state index is 6.25. The molecule has 17 heavy (non-hydrogen) atoms. The second kappa shape index (κ2) is 4.39. The molecule has 0 spiro atoms. The van der Waals surface area contributed by atoms with Gasteiger partial charge in [-0.25, -0.2) is 0 Å². The highest BCUT2D eigenvalue weighted by atomic mass is 35.5. The maximum Gasteiger partial charge on any atom is 0.162 e. The maximum absolute atomic E-state index is 6.25. The number of fused-ring (bicyclic) bond motifs is 1. The van der Waals surface area contributed by atoms with E-state index in [0.29, 0.717) is 24.0 Å². The number of nitrogens with two attached hydrogens (primary N) is 1. The molecule has 0 bridgehead atoms. The highest BCUT2D eigenvalue weighted by Crippen LogP contribution is 2.41. The molecule has 0 amide bonds. The first kappa shape index (κ1) is 12.5. The van der Waals surface area contributed by atoms with Crippen LogP contribution in [0.2, 0.25) is 5.02 Å². The molecule has 1 aliphatic heterocycles. The summed E-state index contributed by atoms with van der Waals surface area (Å²) in [5, 5.41) is 0.636. The van der Waals surface area contributed by atoms with E-state index in [1.54, 1.807) is 6.07 Å². The fraction of sp³-hybridized carbons (Fsp3) is 0.538. The first-order valence-corrected chi connectivity index (χ1v) is 6.12. The Hall–Kier alpha value is -0.930. The molecule has 0 radical (unpaired) electrons. The molecule has 3 nitrogen and oxygen atoms in total. The zero-order valence-corrected chi connectivity index (χ0v) is 11.2. The van der Waals surface area contributed by atoms with Crippen molar-refractivity contribution in [2.24, 2.45) is 11.1 Å². The van der Waals surface area contributed by atoms with E-state index in [-0.39, 0.29) is 11.5 Å². The number of rotatable bonds is 1. The standard InChI is InChI=1S/C13H18ClNO2/c1-13(2,3)12(15)8-6-10-11(7-9(8)14)17-5-4-16-10/h6-7,12H,4-5,15H2,1-3H3. The lowest BCUT2D eigenvalue weighted by Crippen LogP contribution is -2.27. The lowest BCUT2D eigenvalue weighted by molar-refractivity contribution is 0.171. The van der Waals surface area contributed by atoms with E-state index >= 15 is 0 Å². The molecule has 2 rings (SSSR count). The molecule has 0 fully saturated rings. The lowest BCUT2D eigenvalue weighted by Gasteiger charge is -2.29. The smallest absolute Gasteiger partial charge is 0.162 e. The SMILES string of the molecule is CC(C)(C)C(N)c1cc2c(cc1Cl)OCCO2. The average Bonchev–Trinajstić information content (AvgIpc) is 2.26. The molecule has 0 saturated carbocycles. The molecule has 94 valence electrons. The van der Waals surface area contributed by atoms with Gasteiger partial charge in [0.2, 0.25) is 0 Å². The van der Waals surface area contributed by atoms with Crippen LogP contribution in [0, 0.1) is 5.41 Å². The van der Waals surface area contributed by atoms with Crippen molar-refractivity contribution in [1.29, 1.82) is 0 Å². The Bertz CT molecular complexity index is 426. The van der Waals surface area contributed by atoms with Crippen molar-refractivity contribution in [2.45, 2.75) is 26.8 Å². The highest BCUT2D eigenvalue weighted by Gasteiger charge is 2.26. The van der Waals surface area contributed by atoms with Gasteiger partial charge in [0.25, 0.3) is 0 Å². The number of halogens is 1. The Labute approximate surface area is 107 Å². The van der Waals surface area contributed by atoms with Crippen molar-refractivity contribution in [3.63, 3.8) is 0 Å². The number of ether oxygens (including phenoxy) is 2. The third kappa shape index (κ3) is 2.50. The van der Waals surface area contributed by atoms with E-state index < -0.39 is 0 Å².